The molecular formula is C25H37N5O3S. The van der Waals surface area contributed by atoms with Gasteiger partial charge in [0, 0.05) is 32.1 Å². The fraction of sp³-hybridized carbons (Fsp3) is 0.600. The van der Waals surface area contributed by atoms with Gasteiger partial charge in [-0.1, -0.05) is 31.0 Å². The number of nitrogens with zero attached hydrogens (tertiary/aromatic N) is 4. The zero-order chi connectivity index (χ0) is 24.1. The van der Waals surface area contributed by atoms with Crippen molar-refractivity contribution in [1.82, 2.24) is 24.3 Å². The molecule has 2 fully saturated rings. The second-order valence-electron chi connectivity index (χ2n) is 9.47. The number of sulfonamides is 1. The third-order valence-electron chi connectivity index (χ3n) is 7.07. The van der Waals surface area contributed by atoms with Gasteiger partial charge in [0.1, 0.15) is 4.90 Å². The molecule has 0 saturated carbocycles. The van der Waals surface area contributed by atoms with Crippen LogP contribution in [0.2, 0.25) is 0 Å². The van der Waals surface area contributed by atoms with Gasteiger partial charge in [0.25, 0.3) is 0 Å². The van der Waals surface area contributed by atoms with Gasteiger partial charge >= 0.3 is 0 Å². The first-order valence-corrected chi connectivity index (χ1v) is 13.9. The number of aromatic nitrogens is 2. The largest absolute Gasteiger partial charge is 0.355 e. The Morgan fingerprint density at radius 1 is 1.00 bits per heavy atom. The van der Waals surface area contributed by atoms with Gasteiger partial charge in [-0.3, -0.25) is 4.79 Å². The first-order valence-electron chi connectivity index (χ1n) is 12.5. The number of aryl methyl sites for hydroxylation is 1. The maximum atomic E-state index is 13.5. The van der Waals surface area contributed by atoms with E-state index in [1.165, 1.54) is 30.0 Å². The van der Waals surface area contributed by atoms with E-state index < -0.39 is 10.0 Å². The van der Waals surface area contributed by atoms with Gasteiger partial charge in [-0.2, -0.15) is 9.40 Å². The number of carbonyl (C=O) groups excluding carboxylic acids is 1. The average Bonchev–Trinajstić information content (AvgIpc) is 2.99. The van der Waals surface area contributed by atoms with Crippen LogP contribution in [0.3, 0.4) is 0 Å². The Morgan fingerprint density at radius 2 is 1.65 bits per heavy atom. The van der Waals surface area contributed by atoms with Gasteiger partial charge in [-0.25, -0.2) is 13.1 Å². The second kappa shape index (κ2) is 11.0. The summed E-state index contributed by atoms with van der Waals surface area (Å²) in [7, 11) is -3.68. The lowest BCUT2D eigenvalue weighted by molar-refractivity contribution is -0.126. The number of para-hydroxylation sites is 1. The van der Waals surface area contributed by atoms with E-state index in [4.69, 9.17) is 0 Å². The van der Waals surface area contributed by atoms with E-state index in [9.17, 15) is 13.2 Å². The molecule has 0 atom stereocenters. The summed E-state index contributed by atoms with van der Waals surface area (Å²) in [5.74, 6) is -0.0825. The minimum absolute atomic E-state index is 0.0520. The number of nitrogens with one attached hydrogen (secondary N) is 1. The lowest BCUT2D eigenvalue weighted by atomic mass is 9.97. The highest BCUT2D eigenvalue weighted by Gasteiger charge is 2.35. The molecule has 2 saturated heterocycles. The van der Waals surface area contributed by atoms with Crippen LogP contribution >= 0.6 is 0 Å². The SMILES string of the molecule is Cc1nn(-c2ccccc2)c(C)c1S(=O)(=O)N1CCC(C(=O)NCCN2CCCCCC2)CC1. The van der Waals surface area contributed by atoms with Crippen molar-refractivity contribution in [3.05, 3.63) is 41.7 Å². The van der Waals surface area contributed by atoms with Gasteiger partial charge < -0.3 is 10.2 Å². The van der Waals surface area contributed by atoms with Crippen LogP contribution in [0.1, 0.15) is 49.9 Å². The Balaban J connectivity index is 1.34. The van der Waals surface area contributed by atoms with Crippen molar-refractivity contribution in [3.8, 4) is 5.69 Å². The fourth-order valence-corrected chi connectivity index (χ4v) is 6.97. The lowest BCUT2D eigenvalue weighted by Gasteiger charge is -2.30. The molecule has 2 aromatic rings. The van der Waals surface area contributed by atoms with Crippen LogP contribution in [0.4, 0.5) is 0 Å². The monoisotopic (exact) mass is 487 g/mol. The minimum Gasteiger partial charge on any atom is -0.355 e. The van der Waals surface area contributed by atoms with Crippen LogP contribution < -0.4 is 5.32 Å². The molecule has 1 N–H and O–H groups in total. The van der Waals surface area contributed by atoms with E-state index in [1.54, 1.807) is 18.5 Å². The van der Waals surface area contributed by atoms with Gasteiger partial charge in [0.15, 0.2) is 0 Å². The summed E-state index contributed by atoms with van der Waals surface area (Å²) < 4.78 is 30.2. The van der Waals surface area contributed by atoms with Gasteiger partial charge in [0.2, 0.25) is 15.9 Å². The zero-order valence-corrected chi connectivity index (χ0v) is 21.2. The molecule has 0 spiro atoms. The summed E-state index contributed by atoms with van der Waals surface area (Å²) >= 11 is 0. The Bertz CT molecular complexity index is 1070. The summed E-state index contributed by atoms with van der Waals surface area (Å²) in [4.78, 5) is 15.4. The molecule has 1 aromatic carbocycles. The van der Waals surface area contributed by atoms with E-state index in [2.05, 4.69) is 15.3 Å². The van der Waals surface area contributed by atoms with Crippen molar-refractivity contribution in [2.75, 3.05) is 39.3 Å². The predicted molar refractivity (Wildman–Crippen MR) is 132 cm³/mol. The number of benzene rings is 1. The minimum atomic E-state index is -3.68. The smallest absolute Gasteiger partial charge is 0.246 e. The average molecular weight is 488 g/mol. The quantitative estimate of drug-likeness (QED) is 0.649. The number of hydrogen-bond acceptors (Lipinski definition) is 5. The highest BCUT2D eigenvalue weighted by Crippen LogP contribution is 2.29. The molecule has 0 unspecified atom stereocenters. The zero-order valence-electron chi connectivity index (χ0n) is 20.4. The Hall–Kier alpha value is -2.23. The predicted octanol–water partition coefficient (Wildman–Crippen LogP) is 2.88. The third kappa shape index (κ3) is 5.53. The van der Waals surface area contributed by atoms with Crippen molar-refractivity contribution >= 4 is 15.9 Å². The topological polar surface area (TPSA) is 87.5 Å². The normalized spacial score (nSPS) is 19.1. The standard InChI is InChI=1S/C25H37N5O3S/c1-20-24(21(2)30(27-20)23-10-6-5-7-11-23)34(32,33)29-17-12-22(13-18-29)25(31)26-14-19-28-15-8-3-4-9-16-28/h5-7,10-11,22H,3-4,8-9,12-19H2,1-2H3,(H,26,31). The van der Waals surface area contributed by atoms with E-state index >= 15 is 0 Å². The van der Waals surface area contributed by atoms with Crippen molar-refractivity contribution < 1.29 is 13.2 Å². The van der Waals surface area contributed by atoms with Crippen LogP contribution in [0, 0.1) is 19.8 Å². The molecule has 3 heterocycles. The molecule has 1 aromatic heterocycles. The Kier molecular flexibility index (Phi) is 8.06. The molecule has 0 bridgehead atoms. The van der Waals surface area contributed by atoms with E-state index in [0.29, 0.717) is 43.9 Å². The van der Waals surface area contributed by atoms with E-state index in [1.807, 2.05) is 30.3 Å². The number of amides is 1. The molecule has 2 aliphatic rings. The molecule has 186 valence electrons. The lowest BCUT2D eigenvalue weighted by Crippen LogP contribution is -2.44. The summed E-state index contributed by atoms with van der Waals surface area (Å²) in [5.41, 5.74) is 1.94. The first-order chi connectivity index (χ1) is 16.4. The summed E-state index contributed by atoms with van der Waals surface area (Å²) in [6, 6.07) is 9.55. The van der Waals surface area contributed by atoms with Crippen molar-refractivity contribution in [1.29, 1.82) is 0 Å². The molecule has 0 aliphatic carbocycles. The Morgan fingerprint density at radius 3 is 2.29 bits per heavy atom. The van der Waals surface area contributed by atoms with E-state index in [0.717, 1.165) is 25.3 Å². The third-order valence-corrected chi connectivity index (χ3v) is 9.23. The number of hydrogen-bond donors (Lipinski definition) is 1. The second-order valence-corrected chi connectivity index (χ2v) is 11.3. The molecule has 8 nitrogen and oxygen atoms in total. The molecule has 1 amide bonds. The molecule has 2 aliphatic heterocycles. The van der Waals surface area contributed by atoms with Crippen LogP contribution in [-0.4, -0.2) is 72.6 Å². The summed E-state index contributed by atoms with van der Waals surface area (Å²) in [6.45, 7) is 8.02. The van der Waals surface area contributed by atoms with Crippen molar-refractivity contribution in [3.63, 3.8) is 0 Å². The summed E-state index contributed by atoms with van der Waals surface area (Å²) in [6.07, 6.45) is 6.17. The first kappa shape index (κ1) is 24.9. The molecular weight excluding hydrogens is 450 g/mol. The van der Waals surface area contributed by atoms with E-state index in [-0.39, 0.29) is 16.7 Å². The van der Waals surface area contributed by atoms with Crippen LogP contribution in [0.5, 0.6) is 0 Å². The fourth-order valence-electron chi connectivity index (χ4n) is 5.15. The maximum absolute atomic E-state index is 13.5. The number of carbonyl (C=O) groups is 1. The molecule has 0 radical (unpaired) electrons. The van der Waals surface area contributed by atoms with Crippen molar-refractivity contribution in [2.24, 2.45) is 5.92 Å². The number of likely N-dealkylation sites (tertiary alicyclic amines) is 1. The van der Waals surface area contributed by atoms with Gasteiger partial charge in [-0.15, -0.1) is 0 Å². The highest BCUT2D eigenvalue weighted by atomic mass is 32.2. The highest BCUT2D eigenvalue weighted by molar-refractivity contribution is 7.89. The molecule has 4 rings (SSSR count). The van der Waals surface area contributed by atoms with Crippen LogP contribution in [-0.2, 0) is 14.8 Å². The number of piperidine rings is 1. The van der Waals surface area contributed by atoms with Crippen molar-refractivity contribution in [2.45, 2.75) is 57.3 Å². The molecule has 9 heteroatoms. The number of rotatable bonds is 7. The van der Waals surface area contributed by atoms with Crippen LogP contribution in [0.25, 0.3) is 5.69 Å². The van der Waals surface area contributed by atoms with Crippen LogP contribution in [0.15, 0.2) is 35.2 Å². The summed E-state index contributed by atoms with van der Waals surface area (Å²) in [5, 5.41) is 7.59. The van der Waals surface area contributed by atoms with Gasteiger partial charge in [0.05, 0.1) is 17.1 Å². The van der Waals surface area contributed by atoms with Gasteiger partial charge in [-0.05, 0) is 64.8 Å². The Labute approximate surface area is 203 Å². The molecule has 34 heavy (non-hydrogen) atoms. The maximum Gasteiger partial charge on any atom is 0.246 e.